The van der Waals surface area contributed by atoms with Crippen molar-refractivity contribution in [3.8, 4) is 5.03 Å². The number of H-pyrrole nitrogens is 1. The summed E-state index contributed by atoms with van der Waals surface area (Å²) in [5, 5.41) is 3.82. The molecule has 0 aliphatic heterocycles. The molecule has 1 unspecified atom stereocenters. The molecular formula is C15H20N3OS2+. The number of hydrogen-bond donors (Lipinski definition) is 2. The summed E-state index contributed by atoms with van der Waals surface area (Å²) in [4.78, 5) is 20.9. The smallest absolute Gasteiger partial charge is 0.347 e. The first-order chi connectivity index (χ1) is 9.69. The number of hydrogen-bond acceptors (Lipinski definition) is 3. The molecule has 21 heavy (non-hydrogen) atoms. The number of carbonyl (C=O) groups excluding carboxylic acids is 1. The molecule has 0 radical (unpaired) electrons. The lowest BCUT2D eigenvalue weighted by Gasteiger charge is -2.20. The molecular weight excluding hydrogens is 302 g/mol. The summed E-state index contributed by atoms with van der Waals surface area (Å²) in [6.07, 6.45) is 1.62. The first-order valence-corrected chi connectivity index (χ1v) is 8.33. The van der Waals surface area contributed by atoms with Gasteiger partial charge in [-0.15, -0.1) is 0 Å². The van der Waals surface area contributed by atoms with Crippen LogP contribution in [-0.2, 0) is 0 Å². The van der Waals surface area contributed by atoms with Crippen molar-refractivity contribution in [3.05, 3.63) is 38.4 Å². The Bertz CT molecular complexity index is 721. The normalized spacial score (nSPS) is 12.3. The van der Waals surface area contributed by atoms with Gasteiger partial charge in [-0.25, -0.2) is 4.98 Å². The summed E-state index contributed by atoms with van der Waals surface area (Å²) in [5.41, 5.74) is 1.40. The zero-order valence-electron chi connectivity index (χ0n) is 12.9. The third kappa shape index (κ3) is 3.57. The lowest BCUT2D eigenvalue weighted by molar-refractivity contribution is 0.0919. The second kappa shape index (κ2) is 5.69. The second-order valence-corrected chi connectivity index (χ2v) is 8.71. The van der Waals surface area contributed by atoms with Crippen molar-refractivity contribution in [2.45, 2.75) is 40.2 Å². The molecule has 2 aromatic rings. The van der Waals surface area contributed by atoms with Gasteiger partial charge in [0.05, 0.1) is 10.4 Å². The van der Waals surface area contributed by atoms with Crippen LogP contribution in [0.5, 0.6) is 0 Å². The Labute approximate surface area is 132 Å². The van der Waals surface area contributed by atoms with Crippen LogP contribution < -0.4 is 5.32 Å². The first-order valence-electron chi connectivity index (χ1n) is 6.70. The van der Waals surface area contributed by atoms with Crippen LogP contribution in [0.4, 0.5) is 0 Å². The molecule has 2 heterocycles. The van der Waals surface area contributed by atoms with Crippen LogP contribution in [0.2, 0.25) is 0 Å². The van der Waals surface area contributed by atoms with E-state index in [1.807, 2.05) is 33.8 Å². The fourth-order valence-corrected chi connectivity index (χ4v) is 4.42. The SMILES string of the molecule is Cc1[nH]c(=S)[s+](-c2ccc(C(=O)NC(C)(C)C)cn2)c1C. The topological polar surface area (TPSA) is 57.8 Å². The van der Waals surface area contributed by atoms with Gasteiger partial charge in [-0.2, -0.15) is 0 Å². The van der Waals surface area contributed by atoms with Crippen LogP contribution in [-0.4, -0.2) is 21.4 Å². The molecule has 0 saturated heterocycles. The molecule has 0 bridgehead atoms. The third-order valence-electron chi connectivity index (χ3n) is 3.01. The molecule has 112 valence electrons. The summed E-state index contributed by atoms with van der Waals surface area (Å²) in [7, 11) is -0.294. The predicted molar refractivity (Wildman–Crippen MR) is 89.9 cm³/mol. The maximum atomic E-state index is 12.1. The van der Waals surface area contributed by atoms with Gasteiger partial charge in [0, 0.05) is 27.9 Å². The maximum Gasteiger partial charge on any atom is 0.362 e. The highest BCUT2D eigenvalue weighted by Crippen LogP contribution is 2.35. The highest BCUT2D eigenvalue weighted by atomic mass is 32.2. The highest BCUT2D eigenvalue weighted by molar-refractivity contribution is 7.75. The Kier molecular flexibility index (Phi) is 4.30. The summed E-state index contributed by atoms with van der Waals surface area (Å²) >= 11 is 5.37. The second-order valence-electron chi connectivity index (χ2n) is 5.99. The van der Waals surface area contributed by atoms with Crippen LogP contribution in [0.25, 0.3) is 5.03 Å². The van der Waals surface area contributed by atoms with Gasteiger partial charge in [-0.05, 0) is 46.8 Å². The van der Waals surface area contributed by atoms with Crippen molar-refractivity contribution in [3.63, 3.8) is 0 Å². The Morgan fingerprint density at radius 3 is 2.43 bits per heavy atom. The predicted octanol–water partition coefficient (Wildman–Crippen LogP) is 4.02. The van der Waals surface area contributed by atoms with Gasteiger partial charge in [0.2, 0.25) is 0 Å². The molecule has 1 atom stereocenters. The Balaban J connectivity index is 2.31. The summed E-state index contributed by atoms with van der Waals surface area (Å²) in [6.45, 7) is 9.93. The fraction of sp³-hybridized carbons (Fsp3) is 0.400. The van der Waals surface area contributed by atoms with Gasteiger partial charge in [0.1, 0.15) is 0 Å². The standard InChI is InChI=1S/C15H19N3OS2/c1-9-10(2)21(14(20)17-9)12-7-6-11(8-16-12)13(19)18-15(3,4)5/h6-8H,1-5H3,(H-,17,18,19,20)/p+1. The third-order valence-corrected chi connectivity index (χ3v) is 5.66. The highest BCUT2D eigenvalue weighted by Gasteiger charge is 2.19. The summed E-state index contributed by atoms with van der Waals surface area (Å²) in [6, 6.07) is 3.69. The molecule has 1 amide bonds. The lowest BCUT2D eigenvalue weighted by Crippen LogP contribution is -2.40. The molecule has 0 aromatic carbocycles. The number of thiazole rings is 1. The number of rotatable bonds is 2. The minimum Gasteiger partial charge on any atom is -0.347 e. The van der Waals surface area contributed by atoms with Gasteiger partial charge in [-0.1, -0.05) is 0 Å². The molecule has 6 heteroatoms. The molecule has 0 aliphatic rings. The van der Waals surface area contributed by atoms with Crippen molar-refractivity contribution in [2.75, 3.05) is 0 Å². The average molecular weight is 322 g/mol. The van der Waals surface area contributed by atoms with Gasteiger partial charge in [0.25, 0.3) is 18.1 Å². The number of carbonyl (C=O) groups is 1. The maximum absolute atomic E-state index is 12.1. The van der Waals surface area contributed by atoms with Crippen molar-refractivity contribution in [2.24, 2.45) is 0 Å². The van der Waals surface area contributed by atoms with E-state index >= 15 is 0 Å². The van der Waals surface area contributed by atoms with E-state index in [0.717, 1.165) is 14.7 Å². The molecule has 2 aromatic heterocycles. The molecule has 0 fully saturated rings. The number of nitrogens with one attached hydrogen (secondary N) is 2. The molecule has 0 saturated carbocycles. The first kappa shape index (κ1) is 15.9. The van der Waals surface area contributed by atoms with Crippen molar-refractivity contribution in [1.82, 2.24) is 15.3 Å². The number of amides is 1. The number of pyridine rings is 1. The largest absolute Gasteiger partial charge is 0.362 e. The lowest BCUT2D eigenvalue weighted by atomic mass is 10.1. The molecule has 0 spiro atoms. The number of aromatic amines is 1. The summed E-state index contributed by atoms with van der Waals surface area (Å²) < 4.78 is 0.796. The monoisotopic (exact) mass is 322 g/mol. The van der Waals surface area contributed by atoms with E-state index in [0.29, 0.717) is 5.56 Å². The fourth-order valence-electron chi connectivity index (χ4n) is 1.88. The van der Waals surface area contributed by atoms with Crippen molar-refractivity contribution < 1.29 is 4.79 Å². The number of aryl methyl sites for hydroxylation is 1. The van der Waals surface area contributed by atoms with E-state index in [1.54, 1.807) is 12.3 Å². The van der Waals surface area contributed by atoms with Crippen LogP contribution in [0.3, 0.4) is 0 Å². The van der Waals surface area contributed by atoms with E-state index in [1.165, 1.54) is 4.88 Å². The van der Waals surface area contributed by atoms with Crippen LogP contribution >= 0.6 is 22.7 Å². The molecule has 2 rings (SSSR count). The van der Waals surface area contributed by atoms with E-state index in [2.05, 4.69) is 22.2 Å². The van der Waals surface area contributed by atoms with Gasteiger partial charge < -0.3 is 10.3 Å². The zero-order chi connectivity index (χ0) is 15.8. The van der Waals surface area contributed by atoms with Gasteiger partial charge in [0.15, 0.2) is 5.03 Å². The minimum absolute atomic E-state index is 0.111. The van der Waals surface area contributed by atoms with E-state index in [-0.39, 0.29) is 21.9 Å². The molecule has 2 N–H and O–H groups in total. The zero-order valence-corrected chi connectivity index (χ0v) is 14.5. The summed E-state index contributed by atoms with van der Waals surface area (Å²) in [5.74, 6) is -0.111. The quantitative estimate of drug-likeness (QED) is 0.648. The van der Waals surface area contributed by atoms with E-state index < -0.39 is 0 Å². The molecule has 4 nitrogen and oxygen atoms in total. The van der Waals surface area contributed by atoms with Crippen LogP contribution in [0.1, 0.15) is 41.7 Å². The Hall–Kier alpha value is -1.53. The van der Waals surface area contributed by atoms with Gasteiger partial charge >= 0.3 is 3.95 Å². The van der Waals surface area contributed by atoms with Gasteiger partial charge in [-0.3, -0.25) is 4.79 Å². The van der Waals surface area contributed by atoms with Crippen molar-refractivity contribution >= 4 is 28.6 Å². The van der Waals surface area contributed by atoms with Crippen molar-refractivity contribution in [1.29, 1.82) is 0 Å². The Morgan fingerprint density at radius 1 is 1.33 bits per heavy atom. The average Bonchev–Trinajstić information content (AvgIpc) is 2.61. The number of nitrogens with zero attached hydrogens (tertiary/aromatic N) is 1. The molecule has 0 aliphatic carbocycles. The Morgan fingerprint density at radius 2 is 2.00 bits per heavy atom. The minimum atomic E-state index is -0.294. The van der Waals surface area contributed by atoms with E-state index in [4.69, 9.17) is 12.2 Å². The number of aromatic nitrogens is 2. The van der Waals surface area contributed by atoms with Crippen LogP contribution in [0.15, 0.2) is 18.3 Å². The van der Waals surface area contributed by atoms with E-state index in [9.17, 15) is 4.79 Å². The van der Waals surface area contributed by atoms with Crippen LogP contribution in [0, 0.1) is 17.8 Å².